The SMILES string of the molecule is O=C(CN1CCC2(CC2)S1(=O)=O)N1CCCc2ccccc21. The van der Waals surface area contributed by atoms with E-state index in [1.54, 1.807) is 4.90 Å². The van der Waals surface area contributed by atoms with Crippen LogP contribution in [0.25, 0.3) is 0 Å². The smallest absolute Gasteiger partial charge is 0.242 e. The molecular formula is C16H20N2O3S. The molecule has 2 heterocycles. The van der Waals surface area contributed by atoms with Crippen molar-refractivity contribution in [2.24, 2.45) is 0 Å². The average Bonchev–Trinajstić information content (AvgIpc) is 3.27. The van der Waals surface area contributed by atoms with Gasteiger partial charge in [-0.25, -0.2) is 8.42 Å². The number of sulfonamides is 1. The summed E-state index contributed by atoms with van der Waals surface area (Å²) in [6.07, 6.45) is 4.10. The third-order valence-electron chi connectivity index (χ3n) is 5.23. The van der Waals surface area contributed by atoms with Crippen LogP contribution >= 0.6 is 0 Å². The van der Waals surface area contributed by atoms with Crippen molar-refractivity contribution in [1.29, 1.82) is 0 Å². The van der Waals surface area contributed by atoms with Gasteiger partial charge in [0.1, 0.15) is 0 Å². The Labute approximate surface area is 131 Å². The Balaban J connectivity index is 1.54. The Hall–Kier alpha value is -1.40. The first kappa shape index (κ1) is 14.2. The first-order valence-corrected chi connectivity index (χ1v) is 9.36. The van der Waals surface area contributed by atoms with Gasteiger partial charge in [0.25, 0.3) is 0 Å². The van der Waals surface area contributed by atoms with Gasteiger partial charge in [-0.05, 0) is 43.7 Å². The highest BCUT2D eigenvalue weighted by Crippen LogP contribution is 2.51. The Morgan fingerprint density at radius 3 is 2.64 bits per heavy atom. The zero-order valence-corrected chi connectivity index (χ0v) is 13.3. The second kappa shape index (κ2) is 4.80. The Kier molecular flexibility index (Phi) is 3.10. The molecule has 1 saturated heterocycles. The van der Waals surface area contributed by atoms with E-state index in [1.165, 1.54) is 9.87 Å². The molecule has 6 heteroatoms. The molecule has 2 fully saturated rings. The summed E-state index contributed by atoms with van der Waals surface area (Å²) >= 11 is 0. The number of benzene rings is 1. The van der Waals surface area contributed by atoms with E-state index in [0.717, 1.165) is 31.4 Å². The van der Waals surface area contributed by atoms with Gasteiger partial charge in [0.15, 0.2) is 0 Å². The first-order valence-electron chi connectivity index (χ1n) is 7.92. The number of rotatable bonds is 2. The maximum Gasteiger partial charge on any atom is 0.242 e. The van der Waals surface area contributed by atoms with Crippen molar-refractivity contribution >= 4 is 21.6 Å². The summed E-state index contributed by atoms with van der Waals surface area (Å²) in [5.74, 6) is -0.103. The molecule has 22 heavy (non-hydrogen) atoms. The topological polar surface area (TPSA) is 57.7 Å². The zero-order chi connectivity index (χ0) is 15.4. The fraction of sp³-hybridized carbons (Fsp3) is 0.562. The lowest BCUT2D eigenvalue weighted by atomic mass is 10.0. The van der Waals surface area contributed by atoms with Crippen LogP contribution in [0.5, 0.6) is 0 Å². The molecule has 0 bridgehead atoms. The second-order valence-electron chi connectivity index (χ2n) is 6.55. The number of aryl methyl sites for hydroxylation is 1. The van der Waals surface area contributed by atoms with E-state index in [9.17, 15) is 13.2 Å². The van der Waals surface area contributed by atoms with Crippen molar-refractivity contribution in [3.63, 3.8) is 0 Å². The van der Waals surface area contributed by atoms with E-state index >= 15 is 0 Å². The predicted octanol–water partition coefficient (Wildman–Crippen LogP) is 1.53. The molecular weight excluding hydrogens is 300 g/mol. The standard InChI is InChI=1S/C16H20N2O3S/c19-15(12-17-11-9-16(7-8-16)22(17,20)21)18-10-3-5-13-4-1-2-6-14(13)18/h1-2,4,6H,3,5,7-12H2. The largest absolute Gasteiger partial charge is 0.311 e. The molecule has 2 aliphatic heterocycles. The molecule has 0 N–H and O–H groups in total. The number of nitrogens with zero attached hydrogens (tertiary/aromatic N) is 2. The van der Waals surface area contributed by atoms with Crippen molar-refractivity contribution in [3.8, 4) is 0 Å². The fourth-order valence-electron chi connectivity index (χ4n) is 3.69. The number of carbonyl (C=O) groups excluding carboxylic acids is 1. The number of fused-ring (bicyclic) bond motifs is 1. The summed E-state index contributed by atoms with van der Waals surface area (Å²) in [6.45, 7) is 1.15. The highest BCUT2D eigenvalue weighted by atomic mass is 32.2. The van der Waals surface area contributed by atoms with Gasteiger partial charge in [-0.15, -0.1) is 0 Å². The lowest BCUT2D eigenvalue weighted by molar-refractivity contribution is -0.118. The van der Waals surface area contributed by atoms with Crippen molar-refractivity contribution in [2.45, 2.75) is 36.9 Å². The summed E-state index contributed by atoms with van der Waals surface area (Å²) < 4.78 is 25.9. The van der Waals surface area contributed by atoms with Gasteiger partial charge in [-0.1, -0.05) is 18.2 Å². The van der Waals surface area contributed by atoms with Crippen LogP contribution in [-0.4, -0.2) is 43.0 Å². The minimum absolute atomic E-state index is 0.0155. The van der Waals surface area contributed by atoms with Gasteiger partial charge >= 0.3 is 0 Å². The molecule has 0 aromatic heterocycles. The molecule has 1 spiro atoms. The minimum atomic E-state index is -3.28. The molecule has 1 aromatic rings. The molecule has 5 nitrogen and oxygen atoms in total. The summed E-state index contributed by atoms with van der Waals surface area (Å²) in [5, 5.41) is 0. The van der Waals surface area contributed by atoms with Crippen LogP contribution in [0.4, 0.5) is 5.69 Å². The van der Waals surface area contributed by atoms with Crippen molar-refractivity contribution in [2.75, 3.05) is 24.5 Å². The lowest BCUT2D eigenvalue weighted by Crippen LogP contribution is -2.44. The summed E-state index contributed by atoms with van der Waals surface area (Å²) in [7, 11) is -3.28. The number of para-hydroxylation sites is 1. The number of hydrogen-bond donors (Lipinski definition) is 0. The molecule has 0 unspecified atom stereocenters. The number of anilines is 1. The number of hydrogen-bond acceptors (Lipinski definition) is 3. The van der Waals surface area contributed by atoms with E-state index in [0.29, 0.717) is 19.5 Å². The molecule has 4 rings (SSSR count). The molecule has 1 amide bonds. The summed E-state index contributed by atoms with van der Waals surface area (Å²) in [6, 6.07) is 7.90. The highest BCUT2D eigenvalue weighted by molar-refractivity contribution is 7.91. The lowest BCUT2D eigenvalue weighted by Gasteiger charge is -2.30. The van der Waals surface area contributed by atoms with Gasteiger partial charge in [-0.3, -0.25) is 4.79 Å². The van der Waals surface area contributed by atoms with Gasteiger partial charge in [0.05, 0.1) is 11.3 Å². The summed E-state index contributed by atoms with van der Waals surface area (Å²) in [4.78, 5) is 14.4. The van der Waals surface area contributed by atoms with Crippen molar-refractivity contribution < 1.29 is 13.2 Å². The average molecular weight is 320 g/mol. The van der Waals surface area contributed by atoms with Crippen LogP contribution in [0.3, 0.4) is 0 Å². The third-order valence-corrected chi connectivity index (χ3v) is 7.93. The van der Waals surface area contributed by atoms with Crippen LogP contribution in [0.2, 0.25) is 0 Å². The van der Waals surface area contributed by atoms with E-state index in [4.69, 9.17) is 0 Å². The first-order chi connectivity index (χ1) is 10.5. The van der Waals surface area contributed by atoms with Crippen LogP contribution in [0, 0.1) is 0 Å². The Morgan fingerprint density at radius 1 is 1.14 bits per heavy atom. The van der Waals surface area contributed by atoms with Crippen LogP contribution in [0.1, 0.15) is 31.2 Å². The van der Waals surface area contributed by atoms with Gasteiger partial charge in [-0.2, -0.15) is 4.31 Å². The molecule has 0 radical (unpaired) electrons. The van der Waals surface area contributed by atoms with Gasteiger partial charge < -0.3 is 4.90 Å². The highest BCUT2D eigenvalue weighted by Gasteiger charge is 2.60. The van der Waals surface area contributed by atoms with Gasteiger partial charge in [0, 0.05) is 18.8 Å². The molecule has 0 atom stereocenters. The summed E-state index contributed by atoms with van der Waals surface area (Å²) in [5.41, 5.74) is 2.11. The van der Waals surface area contributed by atoms with Crippen molar-refractivity contribution in [1.82, 2.24) is 4.31 Å². The normalized spacial score (nSPS) is 25.2. The maximum atomic E-state index is 12.7. The Morgan fingerprint density at radius 2 is 1.91 bits per heavy atom. The molecule has 3 aliphatic rings. The zero-order valence-electron chi connectivity index (χ0n) is 12.5. The van der Waals surface area contributed by atoms with E-state index in [-0.39, 0.29) is 12.5 Å². The van der Waals surface area contributed by atoms with Crippen LogP contribution in [0.15, 0.2) is 24.3 Å². The van der Waals surface area contributed by atoms with E-state index in [2.05, 4.69) is 0 Å². The van der Waals surface area contributed by atoms with Crippen LogP contribution < -0.4 is 4.90 Å². The predicted molar refractivity (Wildman–Crippen MR) is 84.2 cm³/mol. The number of amides is 1. The quantitative estimate of drug-likeness (QED) is 0.830. The maximum absolute atomic E-state index is 12.7. The second-order valence-corrected chi connectivity index (χ2v) is 8.88. The van der Waals surface area contributed by atoms with Crippen molar-refractivity contribution in [3.05, 3.63) is 29.8 Å². The van der Waals surface area contributed by atoms with E-state index < -0.39 is 14.8 Å². The molecule has 1 aliphatic carbocycles. The fourth-order valence-corrected chi connectivity index (χ4v) is 5.82. The monoisotopic (exact) mass is 320 g/mol. The van der Waals surface area contributed by atoms with E-state index in [1.807, 2.05) is 24.3 Å². The molecule has 118 valence electrons. The third kappa shape index (κ3) is 2.01. The molecule has 1 aromatic carbocycles. The van der Waals surface area contributed by atoms with Gasteiger partial charge in [0.2, 0.25) is 15.9 Å². The Bertz CT molecular complexity index is 725. The molecule has 1 saturated carbocycles. The number of carbonyl (C=O) groups is 1. The van der Waals surface area contributed by atoms with Crippen LogP contribution in [-0.2, 0) is 21.2 Å². The minimum Gasteiger partial charge on any atom is -0.311 e.